The highest BCUT2D eigenvalue weighted by atomic mass is 16.5. The van der Waals surface area contributed by atoms with Crippen LogP contribution in [0.3, 0.4) is 0 Å². The number of hydrogen-bond donors (Lipinski definition) is 2. The maximum Gasteiger partial charge on any atom is 0.337 e. The molecule has 2 rings (SSSR count). The van der Waals surface area contributed by atoms with Gasteiger partial charge in [0.15, 0.2) is 0 Å². The number of esters is 1. The molecule has 0 bridgehead atoms. The van der Waals surface area contributed by atoms with Crippen LogP contribution in [-0.2, 0) is 9.53 Å². The Morgan fingerprint density at radius 1 is 1.47 bits per heavy atom. The molecule has 1 atom stereocenters. The van der Waals surface area contributed by atoms with E-state index in [4.69, 9.17) is 5.73 Å². The highest BCUT2D eigenvalue weighted by Crippen LogP contribution is 2.17. The van der Waals surface area contributed by atoms with E-state index in [-0.39, 0.29) is 17.9 Å². The highest BCUT2D eigenvalue weighted by Gasteiger charge is 2.23. The zero-order chi connectivity index (χ0) is 13.8. The van der Waals surface area contributed by atoms with Crippen LogP contribution in [0.5, 0.6) is 0 Å². The topological polar surface area (TPSA) is 84.7 Å². The first kappa shape index (κ1) is 13.4. The van der Waals surface area contributed by atoms with Gasteiger partial charge in [-0.1, -0.05) is 0 Å². The number of nitrogens with zero attached hydrogens (tertiary/aromatic N) is 1. The van der Waals surface area contributed by atoms with Gasteiger partial charge in [-0.15, -0.1) is 0 Å². The molecule has 6 nitrogen and oxygen atoms in total. The van der Waals surface area contributed by atoms with E-state index in [2.05, 4.69) is 10.1 Å². The molecule has 0 aliphatic carbocycles. The summed E-state index contributed by atoms with van der Waals surface area (Å²) in [5, 5.41) is 2.82. The molecular formula is C13H17N3O3. The predicted molar refractivity (Wildman–Crippen MR) is 71.0 cm³/mol. The van der Waals surface area contributed by atoms with Crippen molar-refractivity contribution >= 4 is 17.6 Å². The fourth-order valence-corrected chi connectivity index (χ4v) is 2.08. The van der Waals surface area contributed by atoms with Gasteiger partial charge < -0.3 is 20.7 Å². The number of carbonyl (C=O) groups excluding carboxylic acids is 2. The average molecular weight is 263 g/mol. The van der Waals surface area contributed by atoms with Crippen LogP contribution in [0.25, 0.3) is 0 Å². The lowest BCUT2D eigenvalue weighted by molar-refractivity contribution is -0.121. The van der Waals surface area contributed by atoms with E-state index in [0.29, 0.717) is 25.2 Å². The van der Waals surface area contributed by atoms with E-state index < -0.39 is 0 Å². The summed E-state index contributed by atoms with van der Waals surface area (Å²) in [6.07, 6.45) is 0. The first-order chi connectivity index (χ1) is 9.13. The average Bonchev–Trinajstić information content (AvgIpc) is 2.46. The van der Waals surface area contributed by atoms with Gasteiger partial charge in [-0.2, -0.15) is 0 Å². The molecule has 1 heterocycles. The molecule has 19 heavy (non-hydrogen) atoms. The number of nitrogens with one attached hydrogen (secondary N) is 1. The summed E-state index contributed by atoms with van der Waals surface area (Å²) in [6.45, 7) is 1.37. The first-order valence-corrected chi connectivity index (χ1v) is 6.07. The number of benzene rings is 1. The molecule has 1 fully saturated rings. The molecule has 1 saturated heterocycles. The van der Waals surface area contributed by atoms with Crippen LogP contribution in [0, 0.1) is 0 Å². The predicted octanol–water partition coefficient (Wildman–Crippen LogP) is -0.263. The van der Waals surface area contributed by atoms with Crippen molar-refractivity contribution in [2.75, 3.05) is 31.6 Å². The first-order valence-electron chi connectivity index (χ1n) is 6.07. The van der Waals surface area contributed by atoms with Crippen molar-refractivity contribution in [3.8, 4) is 0 Å². The van der Waals surface area contributed by atoms with Gasteiger partial charge >= 0.3 is 5.97 Å². The number of ether oxygens (including phenoxy) is 1. The molecule has 102 valence electrons. The number of carbonyl (C=O) groups is 2. The van der Waals surface area contributed by atoms with E-state index in [9.17, 15) is 9.59 Å². The molecule has 0 saturated carbocycles. The van der Waals surface area contributed by atoms with E-state index in [1.165, 1.54) is 7.11 Å². The highest BCUT2D eigenvalue weighted by molar-refractivity contribution is 5.90. The SMILES string of the molecule is COC(=O)c1ccc(N2CC(=O)NC(CN)C2)cc1. The largest absolute Gasteiger partial charge is 0.465 e. The second-order valence-electron chi connectivity index (χ2n) is 4.42. The Morgan fingerprint density at radius 2 is 2.16 bits per heavy atom. The number of amides is 1. The molecule has 0 spiro atoms. The molecule has 1 unspecified atom stereocenters. The molecule has 1 aliphatic heterocycles. The van der Waals surface area contributed by atoms with Crippen LogP contribution in [0.4, 0.5) is 5.69 Å². The normalized spacial score (nSPS) is 18.9. The maximum atomic E-state index is 11.6. The van der Waals surface area contributed by atoms with Gasteiger partial charge in [0, 0.05) is 18.8 Å². The van der Waals surface area contributed by atoms with E-state index >= 15 is 0 Å². The lowest BCUT2D eigenvalue weighted by atomic mass is 10.1. The van der Waals surface area contributed by atoms with Gasteiger partial charge in [-0.05, 0) is 24.3 Å². The number of piperazine rings is 1. The summed E-state index contributed by atoms with van der Waals surface area (Å²) in [4.78, 5) is 24.8. The van der Waals surface area contributed by atoms with Gasteiger partial charge in [-0.25, -0.2) is 4.79 Å². The van der Waals surface area contributed by atoms with Crippen molar-refractivity contribution in [1.29, 1.82) is 0 Å². The van der Waals surface area contributed by atoms with Crippen LogP contribution in [0.1, 0.15) is 10.4 Å². The molecule has 1 aromatic carbocycles. The van der Waals surface area contributed by atoms with E-state index in [0.717, 1.165) is 5.69 Å². The maximum absolute atomic E-state index is 11.6. The summed E-state index contributed by atoms with van der Waals surface area (Å²) in [7, 11) is 1.34. The quantitative estimate of drug-likeness (QED) is 0.734. The molecule has 3 N–H and O–H groups in total. The Morgan fingerprint density at radius 3 is 2.74 bits per heavy atom. The fourth-order valence-electron chi connectivity index (χ4n) is 2.08. The number of hydrogen-bond acceptors (Lipinski definition) is 5. The smallest absolute Gasteiger partial charge is 0.337 e. The molecule has 1 amide bonds. The molecule has 1 aliphatic rings. The molecule has 1 aromatic rings. The third kappa shape index (κ3) is 3.03. The lowest BCUT2D eigenvalue weighted by Gasteiger charge is -2.34. The molecular weight excluding hydrogens is 246 g/mol. The number of anilines is 1. The summed E-state index contributed by atoms with van der Waals surface area (Å²) < 4.78 is 4.64. The van der Waals surface area contributed by atoms with Crippen molar-refractivity contribution in [2.45, 2.75) is 6.04 Å². The summed E-state index contributed by atoms with van der Waals surface area (Å²) in [5.41, 5.74) is 6.96. The molecule has 0 aromatic heterocycles. The van der Waals surface area contributed by atoms with Crippen LogP contribution in [0.2, 0.25) is 0 Å². The zero-order valence-corrected chi connectivity index (χ0v) is 10.8. The van der Waals surface area contributed by atoms with Gasteiger partial charge in [0.25, 0.3) is 0 Å². The molecule has 0 radical (unpaired) electrons. The van der Waals surface area contributed by atoms with Gasteiger partial charge in [-0.3, -0.25) is 4.79 Å². The lowest BCUT2D eigenvalue weighted by Crippen LogP contribution is -2.56. The van der Waals surface area contributed by atoms with Gasteiger partial charge in [0.1, 0.15) is 0 Å². The monoisotopic (exact) mass is 263 g/mol. The number of methoxy groups -OCH3 is 1. The Labute approximate surface area is 111 Å². The van der Waals surface area contributed by atoms with E-state index in [1.54, 1.807) is 24.3 Å². The van der Waals surface area contributed by atoms with Crippen LogP contribution < -0.4 is 16.0 Å². The van der Waals surface area contributed by atoms with Crippen LogP contribution in [-0.4, -0.2) is 44.7 Å². The van der Waals surface area contributed by atoms with Crippen molar-refractivity contribution in [3.63, 3.8) is 0 Å². The van der Waals surface area contributed by atoms with Crippen molar-refractivity contribution in [1.82, 2.24) is 5.32 Å². The number of rotatable bonds is 3. The third-order valence-corrected chi connectivity index (χ3v) is 3.08. The van der Waals surface area contributed by atoms with Crippen LogP contribution in [0.15, 0.2) is 24.3 Å². The zero-order valence-electron chi connectivity index (χ0n) is 10.8. The van der Waals surface area contributed by atoms with Gasteiger partial charge in [0.05, 0.1) is 25.3 Å². The summed E-state index contributed by atoms with van der Waals surface area (Å²) in [5.74, 6) is -0.415. The van der Waals surface area contributed by atoms with Crippen molar-refractivity contribution in [2.24, 2.45) is 5.73 Å². The minimum absolute atomic E-state index is 0.0402. The third-order valence-electron chi connectivity index (χ3n) is 3.08. The Hall–Kier alpha value is -2.08. The van der Waals surface area contributed by atoms with Crippen molar-refractivity contribution < 1.29 is 14.3 Å². The summed E-state index contributed by atoms with van der Waals surface area (Å²) >= 11 is 0. The fraction of sp³-hybridized carbons (Fsp3) is 0.385. The second-order valence-corrected chi connectivity index (χ2v) is 4.42. The molecule has 6 heteroatoms. The number of nitrogens with two attached hydrogens (primary N) is 1. The van der Waals surface area contributed by atoms with E-state index in [1.807, 2.05) is 4.90 Å². The second kappa shape index (κ2) is 5.71. The minimum Gasteiger partial charge on any atom is -0.465 e. The Bertz CT molecular complexity index is 473. The standard InChI is InChI=1S/C13H17N3O3/c1-19-13(18)9-2-4-11(5-3-9)16-7-10(6-14)15-12(17)8-16/h2-5,10H,6-8,14H2,1H3,(H,15,17). The van der Waals surface area contributed by atoms with Gasteiger partial charge in [0.2, 0.25) is 5.91 Å². The van der Waals surface area contributed by atoms with Crippen molar-refractivity contribution in [3.05, 3.63) is 29.8 Å². The summed E-state index contributed by atoms with van der Waals surface area (Å²) in [6, 6.07) is 6.94. The van der Waals surface area contributed by atoms with Crippen LogP contribution >= 0.6 is 0 Å². The Kier molecular flexibility index (Phi) is 4.01. The minimum atomic E-state index is -0.372. The Balaban J connectivity index is 2.13.